The topological polar surface area (TPSA) is 83.7 Å². The Kier molecular flexibility index (Phi) is 4.32. The molecule has 2 aromatic rings. The molecule has 0 saturated carbocycles. The SMILES string of the molecule is O=C1/C(=C/c2cccc([N+](=O)[O-])c2O)SC(=S)N1c1ccccc1. The van der Waals surface area contributed by atoms with Crippen molar-refractivity contribution in [1.29, 1.82) is 0 Å². The Morgan fingerprint density at radius 2 is 1.88 bits per heavy atom. The quantitative estimate of drug-likeness (QED) is 0.390. The highest BCUT2D eigenvalue weighted by atomic mass is 32.2. The Bertz CT molecular complexity index is 881. The normalized spacial score (nSPS) is 16.0. The number of nitro groups is 1. The molecule has 120 valence electrons. The second-order valence-corrected chi connectivity index (χ2v) is 6.50. The molecular weight excluding hydrogens is 348 g/mol. The predicted molar refractivity (Wildman–Crippen MR) is 96.9 cm³/mol. The number of carbonyl (C=O) groups is 1. The van der Waals surface area contributed by atoms with Crippen LogP contribution in [0.1, 0.15) is 5.56 Å². The lowest BCUT2D eigenvalue weighted by atomic mass is 10.1. The fourth-order valence-electron chi connectivity index (χ4n) is 2.22. The summed E-state index contributed by atoms with van der Waals surface area (Å²) in [6.07, 6.45) is 1.41. The Balaban J connectivity index is 1.99. The summed E-state index contributed by atoms with van der Waals surface area (Å²) in [5.74, 6) is -0.811. The molecule has 1 aliphatic rings. The molecule has 1 saturated heterocycles. The number of anilines is 1. The van der Waals surface area contributed by atoms with Gasteiger partial charge >= 0.3 is 5.69 Å². The largest absolute Gasteiger partial charge is 0.502 e. The minimum Gasteiger partial charge on any atom is -0.502 e. The van der Waals surface area contributed by atoms with Gasteiger partial charge in [0.1, 0.15) is 0 Å². The van der Waals surface area contributed by atoms with Crippen LogP contribution >= 0.6 is 24.0 Å². The molecule has 0 bridgehead atoms. The lowest BCUT2D eigenvalue weighted by Crippen LogP contribution is -2.27. The minimum atomic E-state index is -0.679. The van der Waals surface area contributed by atoms with E-state index in [1.807, 2.05) is 6.07 Å². The number of hydrogen-bond acceptors (Lipinski definition) is 6. The molecule has 6 nitrogen and oxygen atoms in total. The molecule has 0 aromatic heterocycles. The maximum atomic E-state index is 12.6. The number of para-hydroxylation sites is 2. The van der Waals surface area contributed by atoms with E-state index < -0.39 is 16.4 Å². The number of phenols is 1. The van der Waals surface area contributed by atoms with Crippen LogP contribution in [0, 0.1) is 10.1 Å². The first kappa shape index (κ1) is 16.2. The number of aromatic hydroxyl groups is 1. The van der Waals surface area contributed by atoms with Crippen LogP contribution in [-0.2, 0) is 4.79 Å². The van der Waals surface area contributed by atoms with E-state index in [1.54, 1.807) is 24.3 Å². The zero-order valence-electron chi connectivity index (χ0n) is 12.1. The smallest absolute Gasteiger partial charge is 0.311 e. The first-order valence-electron chi connectivity index (χ1n) is 6.78. The van der Waals surface area contributed by atoms with Crippen molar-refractivity contribution in [1.82, 2.24) is 0 Å². The summed E-state index contributed by atoms with van der Waals surface area (Å²) in [6, 6.07) is 13.1. The van der Waals surface area contributed by atoms with E-state index in [4.69, 9.17) is 12.2 Å². The van der Waals surface area contributed by atoms with Gasteiger partial charge in [0, 0.05) is 11.6 Å². The van der Waals surface area contributed by atoms with Crippen molar-refractivity contribution < 1.29 is 14.8 Å². The maximum Gasteiger partial charge on any atom is 0.311 e. The van der Waals surface area contributed by atoms with Crippen LogP contribution in [0.25, 0.3) is 6.08 Å². The van der Waals surface area contributed by atoms with Crippen molar-refractivity contribution in [3.8, 4) is 5.75 Å². The van der Waals surface area contributed by atoms with Gasteiger partial charge in [0.2, 0.25) is 5.75 Å². The van der Waals surface area contributed by atoms with Crippen LogP contribution in [0.2, 0.25) is 0 Å². The van der Waals surface area contributed by atoms with Crippen LogP contribution in [0.5, 0.6) is 5.75 Å². The van der Waals surface area contributed by atoms with Gasteiger partial charge in [-0.05, 0) is 18.2 Å². The maximum absolute atomic E-state index is 12.6. The number of benzene rings is 2. The fourth-order valence-corrected chi connectivity index (χ4v) is 3.51. The highest BCUT2D eigenvalue weighted by Crippen LogP contribution is 2.38. The summed E-state index contributed by atoms with van der Waals surface area (Å²) in [4.78, 5) is 24.5. The van der Waals surface area contributed by atoms with Crippen LogP contribution in [0.3, 0.4) is 0 Å². The highest BCUT2D eigenvalue weighted by Gasteiger charge is 2.33. The number of hydrogen-bond donors (Lipinski definition) is 1. The second kappa shape index (κ2) is 6.42. The number of carbonyl (C=O) groups excluding carboxylic acids is 1. The number of rotatable bonds is 3. The Hall–Kier alpha value is -2.71. The first-order valence-corrected chi connectivity index (χ1v) is 8.01. The van der Waals surface area contributed by atoms with E-state index >= 15 is 0 Å². The number of thioether (sulfide) groups is 1. The number of nitrogens with zero attached hydrogens (tertiary/aromatic N) is 2. The van der Waals surface area contributed by atoms with Gasteiger partial charge in [-0.1, -0.05) is 54.3 Å². The summed E-state index contributed by atoms with van der Waals surface area (Å²) in [6.45, 7) is 0. The van der Waals surface area contributed by atoms with E-state index in [-0.39, 0.29) is 11.5 Å². The molecule has 24 heavy (non-hydrogen) atoms. The van der Waals surface area contributed by atoms with Gasteiger partial charge in [0.05, 0.1) is 15.5 Å². The molecule has 0 atom stereocenters. The molecule has 1 N–H and O–H groups in total. The summed E-state index contributed by atoms with van der Waals surface area (Å²) in [5.41, 5.74) is 0.423. The molecule has 2 aromatic carbocycles. The predicted octanol–water partition coefficient (Wildman–Crippen LogP) is 3.71. The third kappa shape index (κ3) is 2.89. The molecule has 1 heterocycles. The standard InChI is InChI=1S/C16H10N2O4S2/c19-14-10(5-4-8-12(14)18(21)22)9-13-15(20)17(16(23)24-13)11-6-2-1-3-7-11/h1-9,19H/b13-9-. The minimum absolute atomic E-state index is 0.192. The molecule has 0 unspecified atom stereocenters. The van der Waals surface area contributed by atoms with Gasteiger partial charge in [0.15, 0.2) is 4.32 Å². The van der Waals surface area contributed by atoms with Crippen LogP contribution in [-0.4, -0.2) is 20.3 Å². The third-order valence-corrected chi connectivity index (χ3v) is 4.64. The van der Waals surface area contributed by atoms with E-state index in [0.29, 0.717) is 14.9 Å². The average Bonchev–Trinajstić information content (AvgIpc) is 2.84. The highest BCUT2D eigenvalue weighted by molar-refractivity contribution is 8.27. The Morgan fingerprint density at radius 3 is 2.54 bits per heavy atom. The first-order chi connectivity index (χ1) is 11.5. The summed E-state index contributed by atoms with van der Waals surface area (Å²) in [5, 5.41) is 20.9. The van der Waals surface area contributed by atoms with Crippen LogP contribution in [0.15, 0.2) is 53.4 Å². The molecule has 1 fully saturated rings. The van der Waals surface area contributed by atoms with Gasteiger partial charge in [-0.3, -0.25) is 19.8 Å². The van der Waals surface area contributed by atoms with Crippen molar-refractivity contribution in [3.05, 3.63) is 69.1 Å². The zero-order chi connectivity index (χ0) is 17.3. The van der Waals surface area contributed by atoms with Crippen molar-refractivity contribution in [3.63, 3.8) is 0 Å². The molecule has 1 aliphatic heterocycles. The van der Waals surface area contributed by atoms with Crippen LogP contribution < -0.4 is 4.90 Å². The van der Waals surface area contributed by atoms with Crippen molar-refractivity contribution >= 4 is 51.7 Å². The van der Waals surface area contributed by atoms with Crippen molar-refractivity contribution in [2.24, 2.45) is 0 Å². The van der Waals surface area contributed by atoms with Crippen LogP contribution in [0.4, 0.5) is 11.4 Å². The van der Waals surface area contributed by atoms with E-state index in [9.17, 15) is 20.0 Å². The van der Waals surface area contributed by atoms with Crippen molar-refractivity contribution in [2.75, 3.05) is 4.90 Å². The average molecular weight is 358 g/mol. The molecule has 0 spiro atoms. The summed E-state index contributed by atoms with van der Waals surface area (Å²) in [7, 11) is 0. The number of amides is 1. The van der Waals surface area contributed by atoms with Gasteiger partial charge in [-0.15, -0.1) is 0 Å². The van der Waals surface area contributed by atoms with Gasteiger partial charge in [-0.2, -0.15) is 0 Å². The lowest BCUT2D eigenvalue weighted by molar-refractivity contribution is -0.385. The fraction of sp³-hybridized carbons (Fsp3) is 0. The van der Waals surface area contributed by atoms with Crippen molar-refractivity contribution in [2.45, 2.75) is 0 Å². The molecule has 0 radical (unpaired) electrons. The second-order valence-electron chi connectivity index (χ2n) is 4.82. The van der Waals surface area contributed by atoms with E-state index in [2.05, 4.69) is 0 Å². The monoisotopic (exact) mass is 358 g/mol. The van der Waals surface area contributed by atoms with Gasteiger partial charge in [-0.25, -0.2) is 0 Å². The Morgan fingerprint density at radius 1 is 1.17 bits per heavy atom. The summed E-state index contributed by atoms with van der Waals surface area (Å²) < 4.78 is 0.363. The number of phenolic OH excluding ortho intramolecular Hbond substituents is 1. The molecule has 1 amide bonds. The van der Waals surface area contributed by atoms with Gasteiger partial charge < -0.3 is 5.11 Å². The summed E-state index contributed by atoms with van der Waals surface area (Å²) >= 11 is 6.33. The third-order valence-electron chi connectivity index (χ3n) is 3.34. The molecule has 0 aliphatic carbocycles. The molecule has 3 rings (SSSR count). The number of thiocarbonyl (C=S) groups is 1. The Labute approximate surface area is 146 Å². The van der Waals surface area contributed by atoms with Gasteiger partial charge in [0.25, 0.3) is 5.91 Å². The molecular formula is C16H10N2O4S2. The zero-order valence-corrected chi connectivity index (χ0v) is 13.7. The molecule has 8 heteroatoms. The van der Waals surface area contributed by atoms with E-state index in [1.165, 1.54) is 29.2 Å². The number of nitro benzene ring substituents is 1. The lowest BCUT2D eigenvalue weighted by Gasteiger charge is -2.13. The van der Waals surface area contributed by atoms with E-state index in [0.717, 1.165) is 11.8 Å².